The van der Waals surface area contributed by atoms with E-state index < -0.39 is 41.4 Å². The molecule has 122 valence electrons. The smallest absolute Gasteiger partial charge is 0.408 e. The van der Waals surface area contributed by atoms with Gasteiger partial charge in [-0.3, -0.25) is 4.79 Å². The number of carbonyl (C=O) groups excluding carboxylic acids is 1. The minimum Gasteiger partial charge on any atom is -0.441 e. The summed E-state index contributed by atoms with van der Waals surface area (Å²) in [5.74, 6) is -3.37. The van der Waals surface area contributed by atoms with Crippen LogP contribution < -0.4 is 10.2 Å². The van der Waals surface area contributed by atoms with Crippen molar-refractivity contribution in [2.24, 2.45) is 0 Å². The third-order valence-corrected chi connectivity index (χ3v) is 3.34. The van der Waals surface area contributed by atoms with Crippen molar-refractivity contribution >= 4 is 11.6 Å². The van der Waals surface area contributed by atoms with Crippen molar-refractivity contribution in [1.29, 1.82) is 0 Å². The molecular formula is C13H14F5N2O2+. The molecule has 22 heavy (non-hydrogen) atoms. The maximum Gasteiger partial charge on any atom is 0.408 e. The number of nitrogens with zero attached hydrogens (tertiary/aromatic N) is 1. The molecule has 0 bridgehead atoms. The lowest BCUT2D eigenvalue weighted by Crippen LogP contribution is -2.51. The molecule has 1 fully saturated rings. The molecular weight excluding hydrogens is 311 g/mol. The van der Waals surface area contributed by atoms with Crippen LogP contribution in [0.4, 0.5) is 27.6 Å². The molecule has 0 saturated carbocycles. The summed E-state index contributed by atoms with van der Waals surface area (Å²) in [5.41, 5.74) is -0.901. The van der Waals surface area contributed by atoms with E-state index in [0.717, 1.165) is 6.07 Å². The lowest BCUT2D eigenvalue weighted by atomic mass is 10.1. The van der Waals surface area contributed by atoms with Gasteiger partial charge in [0, 0.05) is 6.07 Å². The Morgan fingerprint density at radius 2 is 1.91 bits per heavy atom. The van der Waals surface area contributed by atoms with Crippen LogP contribution in [0.2, 0.25) is 0 Å². The Labute approximate surface area is 122 Å². The topological polar surface area (TPSA) is 55.2 Å². The minimum atomic E-state index is -4.68. The summed E-state index contributed by atoms with van der Waals surface area (Å²) >= 11 is 0. The number of benzene rings is 1. The zero-order valence-electron chi connectivity index (χ0n) is 11.5. The van der Waals surface area contributed by atoms with Crippen LogP contribution in [0.3, 0.4) is 0 Å². The zero-order chi connectivity index (χ0) is 16.7. The average molecular weight is 325 g/mol. The Bertz CT molecular complexity index is 585. The number of rotatable bonds is 3. The van der Waals surface area contributed by atoms with E-state index in [1.54, 1.807) is 5.32 Å². The molecule has 4 nitrogen and oxygen atoms in total. The van der Waals surface area contributed by atoms with Crippen molar-refractivity contribution in [3.63, 3.8) is 0 Å². The first-order valence-corrected chi connectivity index (χ1v) is 6.42. The molecule has 1 aliphatic rings. The fourth-order valence-electron chi connectivity index (χ4n) is 1.98. The van der Waals surface area contributed by atoms with Gasteiger partial charge in [-0.25, -0.2) is 8.78 Å². The van der Waals surface area contributed by atoms with Crippen molar-refractivity contribution in [1.82, 2.24) is 5.32 Å². The van der Waals surface area contributed by atoms with Gasteiger partial charge >= 0.3 is 6.18 Å². The van der Waals surface area contributed by atoms with Crippen molar-refractivity contribution in [3.05, 3.63) is 29.3 Å². The third-order valence-electron chi connectivity index (χ3n) is 3.34. The highest BCUT2D eigenvalue weighted by Gasteiger charge is 2.38. The van der Waals surface area contributed by atoms with Gasteiger partial charge in [0.1, 0.15) is 17.7 Å². The highest BCUT2D eigenvalue weighted by Crippen LogP contribution is 2.27. The summed E-state index contributed by atoms with van der Waals surface area (Å²) in [6, 6.07) is -0.851. The Kier molecular flexibility index (Phi) is 4.28. The van der Waals surface area contributed by atoms with Crippen LogP contribution in [-0.2, 0) is 0 Å². The van der Waals surface area contributed by atoms with E-state index in [-0.39, 0.29) is 18.8 Å². The molecule has 1 aromatic rings. The molecule has 0 unspecified atom stereocenters. The first-order valence-electron chi connectivity index (χ1n) is 6.42. The van der Waals surface area contributed by atoms with Crippen molar-refractivity contribution < 1.29 is 31.9 Å². The van der Waals surface area contributed by atoms with Crippen LogP contribution in [0.1, 0.15) is 17.3 Å². The number of carbonyl (C=O) groups is 1. The molecule has 0 spiro atoms. The molecule has 1 atom stereocenters. The van der Waals surface area contributed by atoms with E-state index in [9.17, 15) is 26.7 Å². The number of hydrogen-bond acceptors (Lipinski definition) is 2. The van der Waals surface area contributed by atoms with Crippen LogP contribution >= 0.6 is 0 Å². The van der Waals surface area contributed by atoms with E-state index in [4.69, 9.17) is 5.11 Å². The van der Waals surface area contributed by atoms with E-state index in [1.807, 2.05) is 0 Å². The molecule has 1 amide bonds. The van der Waals surface area contributed by atoms with E-state index in [0.29, 0.717) is 13.0 Å². The Morgan fingerprint density at radius 1 is 1.32 bits per heavy atom. The largest absolute Gasteiger partial charge is 0.441 e. The quantitative estimate of drug-likeness (QED) is 0.677. The van der Waals surface area contributed by atoms with Crippen LogP contribution in [0.5, 0.6) is 0 Å². The van der Waals surface area contributed by atoms with Gasteiger partial charge in [0.05, 0.1) is 24.3 Å². The lowest BCUT2D eigenvalue weighted by molar-refractivity contribution is -0.149. The molecule has 1 aliphatic heterocycles. The highest BCUT2D eigenvalue weighted by atomic mass is 19.4. The summed E-state index contributed by atoms with van der Waals surface area (Å²) in [6.45, 7) is 1.16. The summed E-state index contributed by atoms with van der Waals surface area (Å²) in [4.78, 5) is 13.0. The first-order chi connectivity index (χ1) is 10.1. The SMILES string of the molecule is C[C@H](NC(=O)c1cc(F)c(N2CC([OH2+])C2)cc1F)C(F)(F)F. The van der Waals surface area contributed by atoms with Gasteiger partial charge in [-0.2, -0.15) is 13.2 Å². The molecule has 0 aromatic heterocycles. The van der Waals surface area contributed by atoms with Crippen molar-refractivity contribution in [3.8, 4) is 0 Å². The second kappa shape index (κ2) is 5.71. The number of anilines is 1. The number of halogens is 5. The van der Waals surface area contributed by atoms with Gasteiger partial charge < -0.3 is 15.3 Å². The number of nitrogens with one attached hydrogen (secondary N) is 1. The van der Waals surface area contributed by atoms with Gasteiger partial charge in [0.2, 0.25) is 0 Å². The van der Waals surface area contributed by atoms with Crippen LogP contribution in [0.25, 0.3) is 0 Å². The third kappa shape index (κ3) is 3.29. The molecule has 0 radical (unpaired) electrons. The second-order valence-corrected chi connectivity index (χ2v) is 5.12. The Morgan fingerprint density at radius 3 is 2.41 bits per heavy atom. The predicted octanol–water partition coefficient (Wildman–Crippen LogP) is 1.56. The Hall–Kier alpha value is -1.90. The maximum atomic E-state index is 13.9. The summed E-state index contributed by atoms with van der Waals surface area (Å²) in [5, 5.41) is 8.91. The van der Waals surface area contributed by atoms with Gasteiger partial charge in [-0.15, -0.1) is 0 Å². The van der Waals surface area contributed by atoms with Gasteiger partial charge in [0.15, 0.2) is 6.10 Å². The van der Waals surface area contributed by atoms with Crippen LogP contribution in [-0.4, -0.2) is 42.4 Å². The zero-order valence-corrected chi connectivity index (χ0v) is 11.5. The molecule has 0 aliphatic carbocycles. The number of alkyl halides is 3. The van der Waals surface area contributed by atoms with E-state index in [2.05, 4.69) is 0 Å². The fraction of sp³-hybridized carbons (Fsp3) is 0.462. The monoisotopic (exact) mass is 325 g/mol. The molecule has 1 saturated heterocycles. The van der Waals surface area contributed by atoms with Crippen LogP contribution in [0.15, 0.2) is 12.1 Å². The predicted molar refractivity (Wildman–Crippen MR) is 69.0 cm³/mol. The molecule has 1 heterocycles. The summed E-state index contributed by atoms with van der Waals surface area (Å²) in [6.07, 6.45) is -5.07. The minimum absolute atomic E-state index is 0.110. The van der Waals surface area contributed by atoms with Crippen LogP contribution in [0, 0.1) is 11.6 Å². The second-order valence-electron chi connectivity index (χ2n) is 5.12. The maximum absolute atomic E-state index is 13.9. The normalized spacial score (nSPS) is 17.1. The van der Waals surface area contributed by atoms with E-state index >= 15 is 0 Å². The number of amides is 1. The van der Waals surface area contributed by atoms with Gasteiger partial charge in [-0.05, 0) is 13.0 Å². The standard InChI is InChI=1S/C13H13F5N2O2/c1-6(13(16,17)18)19-12(22)8-2-10(15)11(3-9(8)14)20-4-7(21)5-20/h2-3,6-7,21H,4-5H2,1H3,(H,19,22)/p+1/t6-/m0/s1. The highest BCUT2D eigenvalue weighted by molar-refractivity contribution is 5.95. The number of hydrogen-bond donors (Lipinski definition) is 1. The molecule has 2 rings (SSSR count). The summed E-state index contributed by atoms with van der Waals surface area (Å²) < 4.78 is 64.8. The van der Waals surface area contributed by atoms with Gasteiger partial charge in [-0.1, -0.05) is 0 Å². The van der Waals surface area contributed by atoms with E-state index in [1.165, 1.54) is 4.90 Å². The van der Waals surface area contributed by atoms with Gasteiger partial charge in [0.25, 0.3) is 5.91 Å². The molecule has 1 aromatic carbocycles. The average Bonchev–Trinajstić information content (AvgIpc) is 2.36. The molecule has 9 heteroatoms. The Balaban J connectivity index is 2.18. The fourth-order valence-corrected chi connectivity index (χ4v) is 1.98. The summed E-state index contributed by atoms with van der Waals surface area (Å²) in [7, 11) is 0. The van der Waals surface area contributed by atoms with Crippen molar-refractivity contribution in [2.75, 3.05) is 18.0 Å². The molecule has 3 N–H and O–H groups in total. The van der Waals surface area contributed by atoms with Crippen molar-refractivity contribution in [2.45, 2.75) is 25.2 Å². The first kappa shape index (κ1) is 16.5. The lowest BCUT2D eigenvalue weighted by Gasteiger charge is -2.35.